The Balaban J connectivity index is 2.05. The van der Waals surface area contributed by atoms with Crippen LogP contribution >= 0.6 is 0 Å². The molecule has 1 aromatic heterocycles. The Labute approximate surface area is 129 Å². The van der Waals surface area contributed by atoms with Crippen LogP contribution in [0.5, 0.6) is 0 Å². The molecule has 1 heterocycles. The Morgan fingerprint density at radius 3 is 2.64 bits per heavy atom. The minimum Gasteiger partial charge on any atom is -0.352 e. The molecule has 0 bridgehead atoms. The number of aromatic nitrogens is 2. The minimum absolute atomic E-state index is 0.113. The number of hydrogen-bond donors (Lipinski definition) is 2. The molecule has 22 heavy (non-hydrogen) atoms. The third kappa shape index (κ3) is 3.72. The van der Waals surface area contributed by atoms with Gasteiger partial charge in [0.05, 0.1) is 0 Å². The predicted octanol–water partition coefficient (Wildman–Crippen LogP) is 1.89. The van der Waals surface area contributed by atoms with Crippen molar-refractivity contribution in [3.8, 4) is 0 Å². The molecule has 2 rings (SSSR count). The molecule has 0 aliphatic carbocycles. The van der Waals surface area contributed by atoms with Crippen molar-refractivity contribution in [2.75, 3.05) is 11.9 Å². The predicted molar refractivity (Wildman–Crippen MR) is 84.8 cm³/mol. The topological polar surface area (TPSA) is 76.0 Å². The van der Waals surface area contributed by atoms with Gasteiger partial charge in [0.2, 0.25) is 5.91 Å². The standard InChI is InChI=1S/C16H20N4O2/c1-4-17-16(22)13-5-6-14(11(2)9-13)19-15(21)10-20-8-7-18-12(20)3/h5-9H,4,10H2,1-3H3,(H,17,22)(H,19,21). The fourth-order valence-corrected chi connectivity index (χ4v) is 2.12. The lowest BCUT2D eigenvalue weighted by Gasteiger charge is -2.11. The monoisotopic (exact) mass is 300 g/mol. The van der Waals surface area contributed by atoms with Gasteiger partial charge < -0.3 is 15.2 Å². The molecule has 0 aliphatic rings. The summed E-state index contributed by atoms with van der Waals surface area (Å²) in [6, 6.07) is 5.22. The first-order chi connectivity index (χ1) is 10.5. The summed E-state index contributed by atoms with van der Waals surface area (Å²) in [5.74, 6) is 0.547. The summed E-state index contributed by atoms with van der Waals surface area (Å²) in [7, 11) is 0. The largest absolute Gasteiger partial charge is 0.352 e. The second-order valence-electron chi connectivity index (χ2n) is 5.04. The van der Waals surface area contributed by atoms with Crippen molar-refractivity contribution < 1.29 is 9.59 Å². The van der Waals surface area contributed by atoms with Gasteiger partial charge in [-0.1, -0.05) is 0 Å². The van der Waals surface area contributed by atoms with Gasteiger partial charge in [-0.3, -0.25) is 9.59 Å². The molecule has 6 nitrogen and oxygen atoms in total. The summed E-state index contributed by atoms with van der Waals surface area (Å²) >= 11 is 0. The smallest absolute Gasteiger partial charge is 0.251 e. The fraction of sp³-hybridized carbons (Fsp3) is 0.312. The lowest BCUT2D eigenvalue weighted by molar-refractivity contribution is -0.116. The Morgan fingerprint density at radius 1 is 1.27 bits per heavy atom. The van der Waals surface area contributed by atoms with Gasteiger partial charge in [0.25, 0.3) is 5.91 Å². The molecule has 1 aromatic carbocycles. The molecule has 116 valence electrons. The maximum absolute atomic E-state index is 12.1. The molecule has 0 saturated heterocycles. The normalized spacial score (nSPS) is 10.3. The van der Waals surface area contributed by atoms with Crippen LogP contribution in [0.1, 0.15) is 28.7 Å². The lowest BCUT2D eigenvalue weighted by atomic mass is 10.1. The Kier molecular flexibility index (Phi) is 4.93. The maximum Gasteiger partial charge on any atom is 0.251 e. The van der Waals surface area contributed by atoms with Crippen molar-refractivity contribution in [3.63, 3.8) is 0 Å². The first-order valence-electron chi connectivity index (χ1n) is 7.17. The van der Waals surface area contributed by atoms with Crippen molar-refractivity contribution in [2.24, 2.45) is 0 Å². The Hall–Kier alpha value is -2.63. The molecule has 0 aliphatic heterocycles. The van der Waals surface area contributed by atoms with Crippen molar-refractivity contribution >= 4 is 17.5 Å². The molecule has 0 fully saturated rings. The number of anilines is 1. The van der Waals surface area contributed by atoms with E-state index in [0.717, 1.165) is 11.4 Å². The summed E-state index contributed by atoms with van der Waals surface area (Å²) in [4.78, 5) is 27.9. The van der Waals surface area contributed by atoms with Crippen LogP contribution in [0.4, 0.5) is 5.69 Å². The second kappa shape index (κ2) is 6.89. The van der Waals surface area contributed by atoms with E-state index in [1.165, 1.54) is 0 Å². The van der Waals surface area contributed by atoms with E-state index < -0.39 is 0 Å². The van der Waals surface area contributed by atoms with Crippen LogP contribution in [0.25, 0.3) is 0 Å². The number of amides is 2. The molecular formula is C16H20N4O2. The number of nitrogens with one attached hydrogen (secondary N) is 2. The van der Waals surface area contributed by atoms with Crippen molar-refractivity contribution in [1.82, 2.24) is 14.9 Å². The van der Waals surface area contributed by atoms with E-state index in [1.54, 1.807) is 35.2 Å². The van der Waals surface area contributed by atoms with Crippen LogP contribution in [0.15, 0.2) is 30.6 Å². The zero-order valence-corrected chi connectivity index (χ0v) is 13.0. The van der Waals surface area contributed by atoms with Crippen molar-refractivity contribution in [1.29, 1.82) is 0 Å². The van der Waals surface area contributed by atoms with Gasteiger partial charge in [-0.15, -0.1) is 0 Å². The summed E-state index contributed by atoms with van der Waals surface area (Å²) in [5.41, 5.74) is 2.14. The van der Waals surface area contributed by atoms with Gasteiger partial charge in [0.1, 0.15) is 12.4 Å². The molecule has 2 aromatic rings. The number of imidazole rings is 1. The molecule has 0 saturated carbocycles. The Morgan fingerprint density at radius 2 is 2.05 bits per heavy atom. The highest BCUT2D eigenvalue weighted by atomic mass is 16.2. The average molecular weight is 300 g/mol. The molecule has 0 atom stereocenters. The summed E-state index contributed by atoms with van der Waals surface area (Å²) in [6.07, 6.45) is 3.43. The molecule has 0 radical (unpaired) electrons. The van der Waals surface area contributed by atoms with E-state index in [-0.39, 0.29) is 18.4 Å². The fourth-order valence-electron chi connectivity index (χ4n) is 2.12. The summed E-state index contributed by atoms with van der Waals surface area (Å²) in [6.45, 7) is 6.38. The molecule has 6 heteroatoms. The number of rotatable bonds is 5. The van der Waals surface area contributed by atoms with Crippen LogP contribution in [0.3, 0.4) is 0 Å². The number of nitrogens with zero attached hydrogens (tertiary/aromatic N) is 2. The second-order valence-corrected chi connectivity index (χ2v) is 5.04. The van der Waals surface area contributed by atoms with Crippen LogP contribution in [-0.2, 0) is 11.3 Å². The number of benzene rings is 1. The summed E-state index contributed by atoms with van der Waals surface area (Å²) in [5, 5.41) is 5.60. The van der Waals surface area contributed by atoms with E-state index in [2.05, 4.69) is 15.6 Å². The molecule has 0 unspecified atom stereocenters. The van der Waals surface area contributed by atoms with E-state index >= 15 is 0 Å². The number of carbonyl (C=O) groups excluding carboxylic acids is 2. The van der Waals surface area contributed by atoms with E-state index in [1.807, 2.05) is 20.8 Å². The number of carbonyl (C=O) groups is 2. The first-order valence-corrected chi connectivity index (χ1v) is 7.17. The average Bonchev–Trinajstić information content (AvgIpc) is 2.86. The quantitative estimate of drug-likeness (QED) is 0.885. The molecular weight excluding hydrogens is 280 g/mol. The molecule has 0 spiro atoms. The van der Waals surface area contributed by atoms with Gasteiger partial charge in [-0.25, -0.2) is 4.98 Å². The lowest BCUT2D eigenvalue weighted by Crippen LogP contribution is -2.23. The molecule has 2 N–H and O–H groups in total. The van der Waals surface area contributed by atoms with Crippen LogP contribution < -0.4 is 10.6 Å². The Bertz CT molecular complexity index is 691. The number of hydrogen-bond acceptors (Lipinski definition) is 3. The highest BCUT2D eigenvalue weighted by molar-refractivity contribution is 5.96. The SMILES string of the molecule is CCNC(=O)c1ccc(NC(=O)Cn2ccnc2C)c(C)c1. The van der Waals surface area contributed by atoms with Gasteiger partial charge in [0, 0.05) is 30.2 Å². The third-order valence-electron chi connectivity index (χ3n) is 3.34. The highest BCUT2D eigenvalue weighted by Crippen LogP contribution is 2.16. The van der Waals surface area contributed by atoms with Crippen LogP contribution in [0.2, 0.25) is 0 Å². The first kappa shape index (κ1) is 15.8. The van der Waals surface area contributed by atoms with Crippen LogP contribution in [0, 0.1) is 13.8 Å². The molecule has 2 amide bonds. The van der Waals surface area contributed by atoms with Gasteiger partial charge in [-0.05, 0) is 44.5 Å². The van der Waals surface area contributed by atoms with E-state index in [0.29, 0.717) is 17.8 Å². The van der Waals surface area contributed by atoms with E-state index in [9.17, 15) is 9.59 Å². The van der Waals surface area contributed by atoms with Crippen LogP contribution in [-0.4, -0.2) is 27.9 Å². The van der Waals surface area contributed by atoms with Crippen molar-refractivity contribution in [3.05, 3.63) is 47.5 Å². The van der Waals surface area contributed by atoms with Gasteiger partial charge in [-0.2, -0.15) is 0 Å². The zero-order valence-electron chi connectivity index (χ0n) is 13.0. The number of aryl methyl sites for hydroxylation is 2. The minimum atomic E-state index is -0.130. The van der Waals surface area contributed by atoms with Gasteiger partial charge >= 0.3 is 0 Å². The van der Waals surface area contributed by atoms with Gasteiger partial charge in [0.15, 0.2) is 0 Å². The van der Waals surface area contributed by atoms with E-state index in [4.69, 9.17) is 0 Å². The summed E-state index contributed by atoms with van der Waals surface area (Å²) < 4.78 is 1.77. The van der Waals surface area contributed by atoms with Crippen molar-refractivity contribution in [2.45, 2.75) is 27.3 Å². The third-order valence-corrected chi connectivity index (χ3v) is 3.34. The zero-order chi connectivity index (χ0) is 16.1. The maximum atomic E-state index is 12.1. The highest BCUT2D eigenvalue weighted by Gasteiger charge is 2.10.